The van der Waals surface area contributed by atoms with Crippen molar-refractivity contribution in [1.29, 1.82) is 0 Å². The topological polar surface area (TPSA) is 75.3 Å². The van der Waals surface area contributed by atoms with Gasteiger partial charge in [-0.2, -0.15) is 11.8 Å². The Balaban J connectivity index is 0.000000180. The second kappa shape index (κ2) is 7.44. The van der Waals surface area contributed by atoms with Gasteiger partial charge < -0.3 is 5.32 Å². The van der Waals surface area contributed by atoms with Gasteiger partial charge >= 0.3 is 8.18 Å². The van der Waals surface area contributed by atoms with Crippen LogP contribution < -0.4 is 10.8 Å². The Kier molecular flexibility index (Phi) is 7.68. The molecule has 1 saturated heterocycles. The molecule has 0 aromatic heterocycles. The van der Waals surface area contributed by atoms with Gasteiger partial charge in [0, 0.05) is 24.6 Å². The lowest BCUT2D eigenvalue weighted by Gasteiger charge is -2.08. The van der Waals surface area contributed by atoms with E-state index in [-0.39, 0.29) is 0 Å². The Morgan fingerprint density at radius 1 is 1.50 bits per heavy atom. The summed E-state index contributed by atoms with van der Waals surface area (Å²) >= 11 is 2.03. The number of nitrogens with two attached hydrogens (primary N) is 1. The van der Waals surface area contributed by atoms with Gasteiger partial charge in [-0.1, -0.05) is 5.50 Å². The zero-order valence-corrected chi connectivity index (χ0v) is 7.33. The Bertz CT molecular complexity index is 83.7. The molecule has 0 aliphatic carbocycles. The number of nitrogens with one attached hydrogen (secondary N) is 1. The average Bonchev–Trinajstić information content (AvgIpc) is 1.90. The van der Waals surface area contributed by atoms with Gasteiger partial charge in [0.1, 0.15) is 0 Å². The molecule has 1 unspecified atom stereocenters. The summed E-state index contributed by atoms with van der Waals surface area (Å²) in [5.74, 6) is 2.61. The molecule has 0 aromatic carbocycles. The van der Waals surface area contributed by atoms with Crippen LogP contribution in [0.4, 0.5) is 0 Å². The summed E-state index contributed by atoms with van der Waals surface area (Å²) in [6.45, 7) is 2.43. The molecule has 60 valence electrons. The number of rotatable bonds is 0. The first-order chi connectivity index (χ1) is 4.73. The Morgan fingerprint density at radius 2 is 1.90 bits per heavy atom. The molecule has 1 atom stereocenters. The largest absolute Gasteiger partial charge is 0.607 e. The van der Waals surface area contributed by atoms with Crippen LogP contribution in [0, 0.1) is 0 Å². The van der Waals surface area contributed by atoms with E-state index in [1.807, 2.05) is 11.8 Å². The molecule has 4 N–H and O–H groups in total. The zero-order chi connectivity index (χ0) is 7.82. The van der Waals surface area contributed by atoms with Crippen LogP contribution in [0.1, 0.15) is 0 Å². The molecule has 1 aliphatic heterocycles. The molecule has 0 saturated carbocycles. The van der Waals surface area contributed by atoms with E-state index in [4.69, 9.17) is 9.46 Å². The van der Waals surface area contributed by atoms with Crippen LogP contribution in [0.25, 0.3) is 0 Å². The lowest BCUT2D eigenvalue weighted by atomic mass is 10.6. The molecule has 0 bridgehead atoms. The van der Waals surface area contributed by atoms with Crippen molar-refractivity contribution in [2.45, 2.75) is 0 Å². The predicted molar refractivity (Wildman–Crippen MR) is 44.2 cm³/mol. The van der Waals surface area contributed by atoms with Crippen molar-refractivity contribution in [2.75, 3.05) is 24.6 Å². The van der Waals surface area contributed by atoms with Crippen molar-refractivity contribution >= 4 is 19.9 Å². The van der Waals surface area contributed by atoms with E-state index in [9.17, 15) is 0 Å². The molecular weight excluding hydrogens is 171 g/mol. The van der Waals surface area contributed by atoms with Gasteiger partial charge in [-0.25, -0.2) is 0 Å². The number of hydrogen-bond donors (Lipinski definition) is 3. The fourth-order valence-corrected chi connectivity index (χ4v) is 1.30. The minimum absolute atomic E-state index is 1.21. The molecular formula is C4H12N2O2PS+. The Morgan fingerprint density at radius 3 is 2.00 bits per heavy atom. The van der Waals surface area contributed by atoms with Crippen LogP contribution >= 0.6 is 19.9 Å². The summed E-state index contributed by atoms with van der Waals surface area (Å²) in [7, 11) is -2.37. The molecule has 1 rings (SSSR count). The summed E-state index contributed by atoms with van der Waals surface area (Å²) in [5.41, 5.74) is 4.18. The molecule has 1 aliphatic rings. The second-order valence-electron chi connectivity index (χ2n) is 1.66. The highest BCUT2D eigenvalue weighted by atomic mass is 32.2. The summed E-state index contributed by atoms with van der Waals surface area (Å²) in [6.07, 6.45) is 0. The average molecular weight is 183 g/mol. The normalized spacial score (nSPS) is 18.8. The van der Waals surface area contributed by atoms with E-state index >= 15 is 0 Å². The lowest BCUT2D eigenvalue weighted by molar-refractivity contribution is 0.504. The highest BCUT2D eigenvalue weighted by Crippen LogP contribution is 1.99. The van der Waals surface area contributed by atoms with Crippen molar-refractivity contribution in [3.8, 4) is 0 Å². The molecule has 0 amide bonds. The van der Waals surface area contributed by atoms with Crippen LogP contribution in [0.15, 0.2) is 0 Å². The monoisotopic (exact) mass is 183 g/mol. The fraction of sp³-hybridized carbons (Fsp3) is 1.00. The van der Waals surface area contributed by atoms with E-state index in [1.165, 1.54) is 24.6 Å². The summed E-state index contributed by atoms with van der Waals surface area (Å²) in [4.78, 5) is 7.34. The quantitative estimate of drug-likeness (QED) is 0.458. The van der Waals surface area contributed by atoms with Crippen molar-refractivity contribution in [2.24, 2.45) is 5.50 Å². The third kappa shape index (κ3) is 11.2. The molecule has 0 aromatic rings. The molecule has 1 heterocycles. The first-order valence-corrected chi connectivity index (χ1v) is 5.36. The number of hydrogen-bond acceptors (Lipinski definition) is 3. The standard InChI is InChI=1S/C4H9NS.H2NO2P/c1-3-6-4-2-5-1;1-4(2)3/h5H,1-4H2;(H2-,1,2,3)/p+1. The fourth-order valence-electron chi connectivity index (χ4n) is 0.516. The summed E-state index contributed by atoms with van der Waals surface area (Å²) < 4.78 is 8.93. The molecule has 0 spiro atoms. The molecule has 1 fully saturated rings. The predicted octanol–water partition coefficient (Wildman–Crippen LogP) is -0.0824. The van der Waals surface area contributed by atoms with Crippen molar-refractivity contribution in [3.63, 3.8) is 0 Å². The van der Waals surface area contributed by atoms with Gasteiger partial charge in [-0.05, 0) is 4.57 Å². The minimum Gasteiger partial charge on any atom is -0.315 e. The maximum atomic E-state index is 8.93. The third-order valence-corrected chi connectivity index (χ3v) is 1.83. The van der Waals surface area contributed by atoms with Crippen LogP contribution in [0.3, 0.4) is 0 Å². The smallest absolute Gasteiger partial charge is 0.315 e. The van der Waals surface area contributed by atoms with Gasteiger partial charge in [-0.3, -0.25) is 0 Å². The molecule has 10 heavy (non-hydrogen) atoms. The van der Waals surface area contributed by atoms with Crippen LogP contribution in [0.5, 0.6) is 0 Å². The van der Waals surface area contributed by atoms with Crippen LogP contribution in [-0.2, 0) is 4.57 Å². The van der Waals surface area contributed by atoms with Gasteiger partial charge in [0.25, 0.3) is 0 Å². The van der Waals surface area contributed by atoms with Crippen LogP contribution in [0.2, 0.25) is 0 Å². The van der Waals surface area contributed by atoms with Gasteiger partial charge in [0.05, 0.1) is 0 Å². The lowest BCUT2D eigenvalue weighted by Crippen LogP contribution is -2.24. The van der Waals surface area contributed by atoms with E-state index in [1.54, 1.807) is 0 Å². The molecule has 4 nitrogen and oxygen atoms in total. The van der Waals surface area contributed by atoms with Crippen molar-refractivity contribution in [3.05, 3.63) is 0 Å². The van der Waals surface area contributed by atoms with E-state index in [0.717, 1.165) is 0 Å². The SMILES string of the molecule is C1CSCCN1.N[P+](=O)O. The summed E-state index contributed by atoms with van der Waals surface area (Å²) in [5, 5.41) is 3.26. The first-order valence-electron chi connectivity index (χ1n) is 2.93. The second-order valence-corrected chi connectivity index (χ2v) is 3.49. The van der Waals surface area contributed by atoms with E-state index < -0.39 is 8.18 Å². The van der Waals surface area contributed by atoms with E-state index in [0.29, 0.717) is 0 Å². The van der Waals surface area contributed by atoms with Gasteiger partial charge in [-0.15, -0.1) is 4.89 Å². The van der Waals surface area contributed by atoms with E-state index in [2.05, 4.69) is 10.8 Å². The van der Waals surface area contributed by atoms with Crippen LogP contribution in [-0.4, -0.2) is 29.5 Å². The molecule has 0 radical (unpaired) electrons. The minimum atomic E-state index is -2.37. The third-order valence-electron chi connectivity index (χ3n) is 0.846. The highest BCUT2D eigenvalue weighted by Gasteiger charge is 1.93. The number of thioether (sulfide) groups is 1. The highest BCUT2D eigenvalue weighted by molar-refractivity contribution is 7.99. The summed E-state index contributed by atoms with van der Waals surface area (Å²) in [6, 6.07) is 0. The zero-order valence-electron chi connectivity index (χ0n) is 5.62. The van der Waals surface area contributed by atoms with Crippen molar-refractivity contribution in [1.82, 2.24) is 5.32 Å². The molecule has 6 heteroatoms. The maximum Gasteiger partial charge on any atom is 0.607 e. The van der Waals surface area contributed by atoms with Gasteiger partial charge in [0.2, 0.25) is 0 Å². The Hall–Kier alpha value is 0.330. The first kappa shape index (κ1) is 10.3. The maximum absolute atomic E-state index is 8.93. The van der Waals surface area contributed by atoms with Gasteiger partial charge in [0.15, 0.2) is 0 Å². The van der Waals surface area contributed by atoms with Crippen molar-refractivity contribution < 1.29 is 9.46 Å². The Labute approximate surface area is 65.5 Å².